The third kappa shape index (κ3) is 2.46. The Hall–Kier alpha value is -3.02. The quantitative estimate of drug-likeness (QED) is 0.741. The van der Waals surface area contributed by atoms with Crippen LogP contribution in [-0.4, -0.2) is 37.6 Å². The van der Waals surface area contributed by atoms with Crippen LogP contribution in [0.2, 0.25) is 0 Å². The fourth-order valence-corrected chi connectivity index (χ4v) is 3.13. The first-order valence-corrected chi connectivity index (χ1v) is 7.87. The molecular weight excluding hydrogens is 302 g/mol. The third-order valence-corrected chi connectivity index (χ3v) is 4.33. The smallest absolute Gasteiger partial charge is 0.246 e. The first-order valence-electron chi connectivity index (χ1n) is 7.87. The first kappa shape index (κ1) is 14.6. The molecular formula is C18H17N5O. The van der Waals surface area contributed by atoms with Crippen molar-refractivity contribution in [2.75, 3.05) is 7.05 Å². The summed E-state index contributed by atoms with van der Waals surface area (Å²) in [5.41, 5.74) is 2.03. The van der Waals surface area contributed by atoms with E-state index >= 15 is 0 Å². The second-order valence-corrected chi connectivity index (χ2v) is 5.95. The second kappa shape index (κ2) is 5.88. The molecule has 1 aromatic carbocycles. The zero-order valence-electron chi connectivity index (χ0n) is 13.3. The van der Waals surface area contributed by atoms with Crippen LogP contribution in [-0.2, 0) is 17.8 Å². The molecule has 0 radical (unpaired) electrons. The minimum atomic E-state index is -0.334. The van der Waals surface area contributed by atoms with Crippen LogP contribution in [0, 0.1) is 0 Å². The molecule has 1 amide bonds. The Kier molecular flexibility index (Phi) is 3.57. The number of aromatic nitrogens is 4. The highest BCUT2D eigenvalue weighted by atomic mass is 16.2. The van der Waals surface area contributed by atoms with Gasteiger partial charge in [0.1, 0.15) is 6.04 Å². The number of rotatable bonds is 3. The SMILES string of the molecule is CN1Cc2nnc(-c3ccncc3)n2[C@@H](Cc2ccccc2)C1=O. The lowest BCUT2D eigenvalue weighted by Gasteiger charge is -2.31. The van der Waals surface area contributed by atoms with E-state index < -0.39 is 0 Å². The van der Waals surface area contributed by atoms with Gasteiger partial charge in [-0.15, -0.1) is 10.2 Å². The highest BCUT2D eigenvalue weighted by molar-refractivity contribution is 5.82. The summed E-state index contributed by atoms with van der Waals surface area (Å²) < 4.78 is 1.98. The second-order valence-electron chi connectivity index (χ2n) is 5.95. The molecule has 1 aliphatic heterocycles. The molecule has 1 atom stereocenters. The number of carbonyl (C=O) groups excluding carboxylic acids is 1. The minimum Gasteiger partial charge on any atom is -0.336 e. The van der Waals surface area contributed by atoms with E-state index in [0.29, 0.717) is 13.0 Å². The number of pyridine rings is 1. The molecule has 3 aromatic rings. The van der Waals surface area contributed by atoms with Crippen molar-refractivity contribution in [1.29, 1.82) is 0 Å². The van der Waals surface area contributed by atoms with E-state index in [2.05, 4.69) is 15.2 Å². The Labute approximate surface area is 139 Å². The highest BCUT2D eigenvalue weighted by Crippen LogP contribution is 2.29. The minimum absolute atomic E-state index is 0.0847. The van der Waals surface area contributed by atoms with Crippen molar-refractivity contribution in [1.82, 2.24) is 24.6 Å². The van der Waals surface area contributed by atoms with E-state index in [1.165, 1.54) is 0 Å². The molecule has 0 spiro atoms. The van der Waals surface area contributed by atoms with Gasteiger partial charge in [0.05, 0.1) is 6.54 Å². The Morgan fingerprint density at radius 3 is 2.58 bits per heavy atom. The summed E-state index contributed by atoms with van der Waals surface area (Å²) in [6, 6.07) is 13.5. The number of likely N-dealkylation sites (N-methyl/N-ethyl adjacent to an activating group) is 1. The van der Waals surface area contributed by atoms with Crippen molar-refractivity contribution >= 4 is 5.91 Å². The van der Waals surface area contributed by atoms with Gasteiger partial charge in [0.25, 0.3) is 0 Å². The number of carbonyl (C=O) groups is 1. The van der Waals surface area contributed by atoms with E-state index in [9.17, 15) is 4.79 Å². The van der Waals surface area contributed by atoms with Gasteiger partial charge in [-0.25, -0.2) is 0 Å². The predicted molar refractivity (Wildman–Crippen MR) is 88.9 cm³/mol. The molecule has 6 nitrogen and oxygen atoms in total. The summed E-state index contributed by atoms with van der Waals surface area (Å²) in [5.74, 6) is 1.61. The van der Waals surface area contributed by atoms with Crippen molar-refractivity contribution < 1.29 is 4.79 Å². The fourth-order valence-electron chi connectivity index (χ4n) is 3.13. The Bertz CT molecular complexity index is 860. The number of fused-ring (bicyclic) bond motifs is 1. The van der Waals surface area contributed by atoms with E-state index in [1.54, 1.807) is 17.3 Å². The summed E-state index contributed by atoms with van der Waals surface area (Å²) >= 11 is 0. The Balaban J connectivity index is 1.80. The summed E-state index contributed by atoms with van der Waals surface area (Å²) in [5, 5.41) is 8.64. The van der Waals surface area contributed by atoms with Crippen LogP contribution >= 0.6 is 0 Å². The zero-order chi connectivity index (χ0) is 16.5. The lowest BCUT2D eigenvalue weighted by atomic mass is 10.0. The fraction of sp³-hybridized carbons (Fsp3) is 0.222. The Morgan fingerprint density at radius 2 is 1.83 bits per heavy atom. The van der Waals surface area contributed by atoms with Crippen molar-refractivity contribution in [3.8, 4) is 11.4 Å². The van der Waals surface area contributed by atoms with Crippen LogP contribution in [0.4, 0.5) is 0 Å². The largest absolute Gasteiger partial charge is 0.336 e. The lowest BCUT2D eigenvalue weighted by molar-refractivity contribution is -0.135. The highest BCUT2D eigenvalue weighted by Gasteiger charge is 2.34. The number of nitrogens with zero attached hydrogens (tertiary/aromatic N) is 5. The van der Waals surface area contributed by atoms with Crippen LogP contribution in [0.3, 0.4) is 0 Å². The monoisotopic (exact) mass is 319 g/mol. The van der Waals surface area contributed by atoms with Crippen molar-refractivity contribution in [3.63, 3.8) is 0 Å². The van der Waals surface area contributed by atoms with Gasteiger partial charge in [-0.3, -0.25) is 14.3 Å². The Morgan fingerprint density at radius 1 is 1.08 bits per heavy atom. The molecule has 0 bridgehead atoms. The van der Waals surface area contributed by atoms with Crippen molar-refractivity contribution in [2.24, 2.45) is 0 Å². The molecule has 0 fully saturated rings. The number of hydrogen-bond acceptors (Lipinski definition) is 4. The average Bonchev–Trinajstić information content (AvgIpc) is 3.04. The van der Waals surface area contributed by atoms with E-state index in [0.717, 1.165) is 22.8 Å². The van der Waals surface area contributed by atoms with Gasteiger partial charge < -0.3 is 4.90 Å². The topological polar surface area (TPSA) is 63.9 Å². The third-order valence-electron chi connectivity index (χ3n) is 4.33. The van der Waals surface area contributed by atoms with Gasteiger partial charge in [0.2, 0.25) is 5.91 Å². The molecule has 0 saturated heterocycles. The van der Waals surface area contributed by atoms with Gasteiger partial charge in [0.15, 0.2) is 11.6 Å². The van der Waals surface area contributed by atoms with Crippen LogP contribution in [0.25, 0.3) is 11.4 Å². The molecule has 0 saturated carbocycles. The van der Waals surface area contributed by atoms with Gasteiger partial charge in [-0.1, -0.05) is 30.3 Å². The number of benzene rings is 1. The number of amides is 1. The van der Waals surface area contributed by atoms with Gasteiger partial charge >= 0.3 is 0 Å². The lowest BCUT2D eigenvalue weighted by Crippen LogP contribution is -2.41. The van der Waals surface area contributed by atoms with Gasteiger partial charge in [-0.2, -0.15) is 0 Å². The first-order chi connectivity index (χ1) is 11.7. The van der Waals surface area contributed by atoms with Gasteiger partial charge in [-0.05, 0) is 17.7 Å². The summed E-state index contributed by atoms with van der Waals surface area (Å²) in [6.07, 6.45) is 4.06. The van der Waals surface area contributed by atoms with E-state index in [-0.39, 0.29) is 11.9 Å². The molecule has 1 aliphatic rings. The normalized spacial score (nSPS) is 17.0. The molecule has 2 aromatic heterocycles. The predicted octanol–water partition coefficient (Wildman–Crippen LogP) is 2.10. The maximum absolute atomic E-state index is 12.8. The maximum Gasteiger partial charge on any atom is 0.246 e. The molecule has 120 valence electrons. The number of hydrogen-bond donors (Lipinski definition) is 0. The van der Waals surface area contributed by atoms with Crippen molar-refractivity contribution in [3.05, 3.63) is 66.2 Å². The molecule has 4 rings (SSSR count). The summed E-state index contributed by atoms with van der Waals surface area (Å²) in [4.78, 5) is 18.6. The molecule has 0 unspecified atom stereocenters. The average molecular weight is 319 g/mol. The standard InChI is InChI=1S/C18H17N5O/c1-22-12-16-20-21-17(14-7-9-19-10-8-14)23(16)15(18(22)24)11-13-5-3-2-4-6-13/h2-10,15H,11-12H2,1H3/t15-/m0/s1. The molecule has 3 heterocycles. The molecule has 0 aliphatic carbocycles. The van der Waals surface area contributed by atoms with Crippen LogP contribution < -0.4 is 0 Å². The van der Waals surface area contributed by atoms with Crippen molar-refractivity contribution in [2.45, 2.75) is 19.0 Å². The van der Waals surface area contributed by atoms with Gasteiger partial charge in [0, 0.05) is 31.4 Å². The van der Waals surface area contributed by atoms with Crippen LogP contribution in [0.15, 0.2) is 54.9 Å². The van der Waals surface area contributed by atoms with Crippen LogP contribution in [0.1, 0.15) is 17.4 Å². The molecule has 6 heteroatoms. The van der Waals surface area contributed by atoms with E-state index in [1.807, 2.05) is 54.1 Å². The summed E-state index contributed by atoms with van der Waals surface area (Å²) in [6.45, 7) is 0.474. The molecule has 0 N–H and O–H groups in total. The summed E-state index contributed by atoms with van der Waals surface area (Å²) in [7, 11) is 1.81. The maximum atomic E-state index is 12.8. The van der Waals surface area contributed by atoms with E-state index in [4.69, 9.17) is 0 Å². The zero-order valence-corrected chi connectivity index (χ0v) is 13.3. The van der Waals surface area contributed by atoms with Crippen LogP contribution in [0.5, 0.6) is 0 Å². The molecule has 24 heavy (non-hydrogen) atoms.